The molecule has 0 aliphatic rings. The Labute approximate surface area is 94.9 Å². The van der Waals surface area contributed by atoms with E-state index in [0.717, 1.165) is 11.3 Å². The van der Waals surface area contributed by atoms with Crippen LogP contribution in [0.3, 0.4) is 0 Å². The largest absolute Gasteiger partial charge is 0.481 e. The van der Waals surface area contributed by atoms with Crippen LogP contribution in [-0.2, 0) is 4.79 Å². The molecule has 0 heterocycles. The highest BCUT2D eigenvalue weighted by molar-refractivity contribution is 5.75. The minimum atomic E-state index is -0.986. The average molecular weight is 223 g/mol. The van der Waals surface area contributed by atoms with Gasteiger partial charge in [0, 0.05) is 5.69 Å². The number of carboxylic acids is 1. The van der Waals surface area contributed by atoms with Gasteiger partial charge in [0.25, 0.3) is 0 Å². The van der Waals surface area contributed by atoms with Gasteiger partial charge in [-0.3, -0.25) is 4.79 Å². The standard InChI is InChI=1S/C12H17NO3/c1-8(11(14)15)9-4-6-10(7-5-9)13-12(2,3)16/h4-8,13,16H,1-3H3,(H,14,15). The molecule has 88 valence electrons. The molecular formula is C12H17NO3. The van der Waals surface area contributed by atoms with Crippen LogP contribution < -0.4 is 5.32 Å². The summed E-state index contributed by atoms with van der Waals surface area (Å²) < 4.78 is 0. The molecule has 3 N–H and O–H groups in total. The second-order valence-corrected chi connectivity index (χ2v) is 4.37. The number of anilines is 1. The summed E-state index contributed by atoms with van der Waals surface area (Å²) in [5.41, 5.74) is 0.516. The van der Waals surface area contributed by atoms with Crippen molar-refractivity contribution in [2.24, 2.45) is 0 Å². The van der Waals surface area contributed by atoms with Crippen molar-refractivity contribution in [2.45, 2.75) is 32.4 Å². The van der Waals surface area contributed by atoms with Gasteiger partial charge in [-0.25, -0.2) is 0 Å². The second-order valence-electron chi connectivity index (χ2n) is 4.37. The summed E-state index contributed by atoms with van der Waals surface area (Å²) in [7, 11) is 0. The van der Waals surface area contributed by atoms with Crippen molar-refractivity contribution in [3.8, 4) is 0 Å². The first-order valence-electron chi connectivity index (χ1n) is 5.13. The maximum atomic E-state index is 10.8. The molecule has 0 saturated carbocycles. The summed E-state index contributed by atoms with van der Waals surface area (Å²) in [6.07, 6.45) is 0. The van der Waals surface area contributed by atoms with E-state index in [1.807, 2.05) is 0 Å². The summed E-state index contributed by atoms with van der Waals surface area (Å²) in [6, 6.07) is 7.00. The van der Waals surface area contributed by atoms with E-state index in [9.17, 15) is 9.90 Å². The van der Waals surface area contributed by atoms with Crippen molar-refractivity contribution < 1.29 is 15.0 Å². The van der Waals surface area contributed by atoms with Crippen LogP contribution in [0, 0.1) is 0 Å². The summed E-state index contributed by atoms with van der Waals surface area (Å²) >= 11 is 0. The third-order valence-corrected chi connectivity index (χ3v) is 2.23. The second kappa shape index (κ2) is 4.53. The van der Waals surface area contributed by atoms with Crippen LogP contribution in [0.2, 0.25) is 0 Å². The monoisotopic (exact) mass is 223 g/mol. The molecule has 0 aromatic heterocycles. The van der Waals surface area contributed by atoms with Gasteiger partial charge in [0.1, 0.15) is 5.72 Å². The van der Waals surface area contributed by atoms with Crippen molar-refractivity contribution >= 4 is 11.7 Å². The molecule has 4 heteroatoms. The van der Waals surface area contributed by atoms with Gasteiger partial charge in [0.2, 0.25) is 0 Å². The van der Waals surface area contributed by atoms with Crippen molar-refractivity contribution in [2.75, 3.05) is 5.32 Å². The van der Waals surface area contributed by atoms with Gasteiger partial charge in [-0.2, -0.15) is 0 Å². The number of carboxylic acid groups (broad SMARTS) is 1. The first-order chi connectivity index (χ1) is 7.29. The first-order valence-corrected chi connectivity index (χ1v) is 5.13. The number of rotatable bonds is 4. The van der Waals surface area contributed by atoms with Crippen LogP contribution in [0.4, 0.5) is 5.69 Å². The van der Waals surface area contributed by atoms with Crippen molar-refractivity contribution in [1.29, 1.82) is 0 Å². The number of aliphatic carboxylic acids is 1. The molecule has 1 unspecified atom stereocenters. The van der Waals surface area contributed by atoms with Crippen LogP contribution in [0.15, 0.2) is 24.3 Å². The van der Waals surface area contributed by atoms with E-state index in [0.29, 0.717) is 0 Å². The van der Waals surface area contributed by atoms with E-state index in [1.165, 1.54) is 0 Å². The molecule has 4 nitrogen and oxygen atoms in total. The average Bonchev–Trinajstić information content (AvgIpc) is 2.15. The smallest absolute Gasteiger partial charge is 0.310 e. The van der Waals surface area contributed by atoms with Gasteiger partial charge >= 0.3 is 5.97 Å². The summed E-state index contributed by atoms with van der Waals surface area (Å²) in [5, 5.41) is 21.3. The van der Waals surface area contributed by atoms with E-state index in [-0.39, 0.29) is 0 Å². The van der Waals surface area contributed by atoms with E-state index in [4.69, 9.17) is 5.11 Å². The number of carbonyl (C=O) groups is 1. The Balaban J connectivity index is 2.79. The predicted molar refractivity (Wildman–Crippen MR) is 62.4 cm³/mol. The number of hydrogen-bond acceptors (Lipinski definition) is 3. The zero-order chi connectivity index (χ0) is 12.3. The van der Waals surface area contributed by atoms with E-state index in [2.05, 4.69) is 5.32 Å². The van der Waals surface area contributed by atoms with Gasteiger partial charge in [-0.05, 0) is 38.5 Å². The first kappa shape index (κ1) is 12.5. The van der Waals surface area contributed by atoms with Crippen molar-refractivity contribution in [1.82, 2.24) is 0 Å². The van der Waals surface area contributed by atoms with Gasteiger partial charge in [0.15, 0.2) is 0 Å². The number of benzene rings is 1. The molecule has 0 spiro atoms. The Morgan fingerprint density at radius 3 is 2.19 bits per heavy atom. The van der Waals surface area contributed by atoms with Gasteiger partial charge < -0.3 is 15.5 Å². The Kier molecular flexibility index (Phi) is 3.55. The highest BCUT2D eigenvalue weighted by Gasteiger charge is 2.14. The maximum Gasteiger partial charge on any atom is 0.310 e. The molecule has 0 aliphatic heterocycles. The van der Waals surface area contributed by atoms with E-state index >= 15 is 0 Å². The molecule has 0 amide bonds. The molecule has 0 radical (unpaired) electrons. The van der Waals surface area contributed by atoms with Crippen LogP contribution in [-0.4, -0.2) is 21.9 Å². The fraction of sp³-hybridized carbons (Fsp3) is 0.417. The van der Waals surface area contributed by atoms with Crippen LogP contribution in [0.5, 0.6) is 0 Å². The summed E-state index contributed by atoms with van der Waals surface area (Å²) in [5.74, 6) is -1.36. The molecule has 1 aromatic rings. The third-order valence-electron chi connectivity index (χ3n) is 2.23. The van der Waals surface area contributed by atoms with Crippen LogP contribution in [0.1, 0.15) is 32.3 Å². The summed E-state index contributed by atoms with van der Waals surface area (Å²) in [4.78, 5) is 10.8. The third kappa shape index (κ3) is 3.55. The highest BCUT2D eigenvalue weighted by atomic mass is 16.4. The molecule has 1 rings (SSSR count). The zero-order valence-corrected chi connectivity index (χ0v) is 9.69. The van der Waals surface area contributed by atoms with Crippen molar-refractivity contribution in [3.05, 3.63) is 29.8 Å². The number of nitrogens with one attached hydrogen (secondary N) is 1. The number of hydrogen-bond donors (Lipinski definition) is 3. The van der Waals surface area contributed by atoms with Gasteiger partial charge in [0.05, 0.1) is 5.92 Å². The van der Waals surface area contributed by atoms with Gasteiger partial charge in [-0.1, -0.05) is 12.1 Å². The molecule has 0 fully saturated rings. The molecule has 0 aliphatic carbocycles. The molecule has 0 saturated heterocycles. The molecular weight excluding hydrogens is 206 g/mol. The lowest BCUT2D eigenvalue weighted by atomic mass is 10.0. The minimum absolute atomic E-state index is 0.517. The quantitative estimate of drug-likeness (QED) is 0.683. The Hall–Kier alpha value is -1.55. The molecule has 1 atom stereocenters. The lowest BCUT2D eigenvalue weighted by molar-refractivity contribution is -0.138. The molecule has 0 bridgehead atoms. The maximum absolute atomic E-state index is 10.8. The molecule has 16 heavy (non-hydrogen) atoms. The highest BCUT2D eigenvalue weighted by Crippen LogP contribution is 2.19. The number of aliphatic hydroxyl groups is 1. The van der Waals surface area contributed by atoms with E-state index in [1.54, 1.807) is 45.0 Å². The summed E-state index contributed by atoms with van der Waals surface area (Å²) in [6.45, 7) is 4.92. The Bertz CT molecular complexity index is 365. The van der Waals surface area contributed by atoms with Gasteiger partial charge in [-0.15, -0.1) is 0 Å². The fourth-order valence-electron chi connectivity index (χ4n) is 1.35. The zero-order valence-electron chi connectivity index (χ0n) is 9.69. The Morgan fingerprint density at radius 1 is 1.31 bits per heavy atom. The molecule has 1 aromatic carbocycles. The lowest BCUT2D eigenvalue weighted by Crippen LogP contribution is -2.29. The predicted octanol–water partition coefficient (Wildman–Crippen LogP) is 2.01. The van der Waals surface area contributed by atoms with Crippen LogP contribution >= 0.6 is 0 Å². The SMILES string of the molecule is CC(C(=O)O)c1ccc(NC(C)(C)O)cc1. The minimum Gasteiger partial charge on any atom is -0.481 e. The normalized spacial score (nSPS) is 13.2. The fourth-order valence-corrected chi connectivity index (χ4v) is 1.35. The Morgan fingerprint density at radius 2 is 1.81 bits per heavy atom. The lowest BCUT2D eigenvalue weighted by Gasteiger charge is -2.21. The van der Waals surface area contributed by atoms with E-state index < -0.39 is 17.6 Å². The topological polar surface area (TPSA) is 69.6 Å². The van der Waals surface area contributed by atoms with Crippen molar-refractivity contribution in [3.63, 3.8) is 0 Å². The van der Waals surface area contributed by atoms with Crippen LogP contribution in [0.25, 0.3) is 0 Å².